The number of rotatable bonds is 6. The van der Waals surface area contributed by atoms with Gasteiger partial charge in [0.1, 0.15) is 0 Å². The molecule has 3 aromatic rings. The lowest BCUT2D eigenvalue weighted by molar-refractivity contribution is 0.0948. The highest BCUT2D eigenvalue weighted by Crippen LogP contribution is 2.18. The maximum atomic E-state index is 12.2. The highest BCUT2D eigenvalue weighted by atomic mass is 35.5. The molecule has 0 fully saturated rings. The Bertz CT molecular complexity index is 879. The fourth-order valence-electron chi connectivity index (χ4n) is 2.43. The van der Waals surface area contributed by atoms with E-state index in [1.165, 1.54) is 0 Å². The van der Waals surface area contributed by atoms with Gasteiger partial charge >= 0.3 is 0 Å². The van der Waals surface area contributed by atoms with Gasteiger partial charge in [-0.3, -0.25) is 4.79 Å². The van der Waals surface area contributed by atoms with Crippen molar-refractivity contribution in [3.8, 4) is 0 Å². The molecule has 0 atom stereocenters. The molecule has 26 heavy (non-hydrogen) atoms. The number of halogens is 1. The van der Waals surface area contributed by atoms with Crippen LogP contribution in [0.25, 0.3) is 0 Å². The van der Waals surface area contributed by atoms with Gasteiger partial charge in [0.2, 0.25) is 0 Å². The monoisotopic (exact) mass is 366 g/mol. The van der Waals surface area contributed by atoms with Crippen LogP contribution in [0.1, 0.15) is 21.6 Å². The minimum Gasteiger partial charge on any atom is -0.350 e. The standard InChI is InChI=1S/C20H19ClN4O/c1-14-4-2-3-5-17(14)23-19-11-10-18(24-25-19)20(26)22-13-12-15-6-8-16(21)9-7-15/h2-11H,12-13H2,1H3,(H,22,26)(H,23,25). The van der Waals surface area contributed by atoms with E-state index in [-0.39, 0.29) is 11.6 Å². The van der Waals surface area contributed by atoms with Gasteiger partial charge in [-0.05, 0) is 54.8 Å². The molecule has 2 aromatic carbocycles. The fourth-order valence-corrected chi connectivity index (χ4v) is 2.56. The van der Waals surface area contributed by atoms with Gasteiger partial charge in [-0.1, -0.05) is 41.9 Å². The largest absolute Gasteiger partial charge is 0.350 e. The quantitative estimate of drug-likeness (QED) is 0.687. The Balaban J connectivity index is 1.53. The Hall–Kier alpha value is -2.92. The van der Waals surface area contributed by atoms with Gasteiger partial charge in [0, 0.05) is 17.3 Å². The smallest absolute Gasteiger partial charge is 0.271 e. The number of aryl methyl sites for hydroxylation is 1. The van der Waals surface area contributed by atoms with Gasteiger partial charge in [-0.15, -0.1) is 10.2 Å². The zero-order valence-corrected chi connectivity index (χ0v) is 15.1. The van der Waals surface area contributed by atoms with Crippen molar-refractivity contribution in [2.45, 2.75) is 13.3 Å². The van der Waals surface area contributed by atoms with Gasteiger partial charge in [-0.2, -0.15) is 0 Å². The van der Waals surface area contributed by atoms with E-state index in [1.54, 1.807) is 12.1 Å². The zero-order valence-electron chi connectivity index (χ0n) is 14.4. The number of nitrogens with zero attached hydrogens (tertiary/aromatic N) is 2. The predicted octanol–water partition coefficient (Wildman–Crippen LogP) is 4.15. The lowest BCUT2D eigenvalue weighted by atomic mass is 10.1. The van der Waals surface area contributed by atoms with Gasteiger partial charge in [0.15, 0.2) is 11.5 Å². The van der Waals surface area contributed by atoms with Crippen LogP contribution in [-0.2, 0) is 6.42 Å². The fraction of sp³-hybridized carbons (Fsp3) is 0.150. The van der Waals surface area contributed by atoms with Crippen molar-refractivity contribution in [3.05, 3.63) is 82.5 Å². The number of amides is 1. The molecule has 0 spiro atoms. The number of hydrogen-bond donors (Lipinski definition) is 2. The first-order valence-electron chi connectivity index (χ1n) is 8.31. The van der Waals surface area contributed by atoms with Crippen molar-refractivity contribution >= 4 is 29.0 Å². The molecule has 1 heterocycles. The maximum Gasteiger partial charge on any atom is 0.271 e. The first-order valence-corrected chi connectivity index (χ1v) is 8.68. The normalized spacial score (nSPS) is 10.4. The molecule has 0 radical (unpaired) electrons. The van der Waals surface area contributed by atoms with E-state index in [2.05, 4.69) is 20.8 Å². The lowest BCUT2D eigenvalue weighted by Crippen LogP contribution is -2.26. The van der Waals surface area contributed by atoms with E-state index >= 15 is 0 Å². The molecule has 1 amide bonds. The summed E-state index contributed by atoms with van der Waals surface area (Å²) in [5.41, 5.74) is 3.47. The Labute approximate surface area is 157 Å². The summed E-state index contributed by atoms with van der Waals surface area (Å²) in [6, 6.07) is 18.9. The van der Waals surface area contributed by atoms with Gasteiger partial charge in [-0.25, -0.2) is 0 Å². The average molecular weight is 367 g/mol. The molecule has 2 N–H and O–H groups in total. The van der Waals surface area contributed by atoms with Gasteiger partial charge in [0.25, 0.3) is 5.91 Å². The van der Waals surface area contributed by atoms with Crippen LogP contribution >= 0.6 is 11.6 Å². The molecule has 0 saturated carbocycles. The minimum atomic E-state index is -0.242. The third-order valence-electron chi connectivity index (χ3n) is 3.92. The zero-order chi connectivity index (χ0) is 18.4. The third kappa shape index (κ3) is 4.80. The third-order valence-corrected chi connectivity index (χ3v) is 4.17. The molecule has 1 aromatic heterocycles. The maximum absolute atomic E-state index is 12.2. The molecule has 5 nitrogen and oxygen atoms in total. The Morgan fingerprint density at radius 1 is 1.00 bits per heavy atom. The Morgan fingerprint density at radius 2 is 1.77 bits per heavy atom. The van der Waals surface area contributed by atoms with E-state index in [9.17, 15) is 4.79 Å². The predicted molar refractivity (Wildman–Crippen MR) is 104 cm³/mol. The summed E-state index contributed by atoms with van der Waals surface area (Å²) >= 11 is 5.86. The number of benzene rings is 2. The topological polar surface area (TPSA) is 66.9 Å². The first kappa shape index (κ1) is 17.9. The summed E-state index contributed by atoms with van der Waals surface area (Å²) < 4.78 is 0. The van der Waals surface area contributed by atoms with Crippen LogP contribution in [0.5, 0.6) is 0 Å². The Morgan fingerprint density at radius 3 is 2.46 bits per heavy atom. The van der Waals surface area contributed by atoms with Crippen molar-refractivity contribution in [1.29, 1.82) is 0 Å². The van der Waals surface area contributed by atoms with Crippen molar-refractivity contribution < 1.29 is 4.79 Å². The van der Waals surface area contributed by atoms with Crippen LogP contribution < -0.4 is 10.6 Å². The molecular formula is C20H19ClN4O. The van der Waals surface area contributed by atoms with Crippen LogP contribution in [0.4, 0.5) is 11.5 Å². The number of hydrogen-bond acceptors (Lipinski definition) is 4. The Kier molecular flexibility index (Phi) is 5.81. The van der Waals surface area contributed by atoms with E-state index in [1.807, 2.05) is 55.5 Å². The number of nitrogens with one attached hydrogen (secondary N) is 2. The number of carbonyl (C=O) groups excluding carboxylic acids is 1. The summed E-state index contributed by atoms with van der Waals surface area (Å²) in [7, 11) is 0. The molecule has 0 bridgehead atoms. The average Bonchev–Trinajstić information content (AvgIpc) is 2.66. The second kappa shape index (κ2) is 8.45. The molecule has 132 valence electrons. The summed E-state index contributed by atoms with van der Waals surface area (Å²) in [6.45, 7) is 2.53. The van der Waals surface area contributed by atoms with Crippen LogP contribution in [0, 0.1) is 6.92 Å². The van der Waals surface area contributed by atoms with E-state index in [0.29, 0.717) is 17.4 Å². The van der Waals surface area contributed by atoms with Crippen molar-refractivity contribution in [2.75, 3.05) is 11.9 Å². The van der Waals surface area contributed by atoms with E-state index < -0.39 is 0 Å². The number of carbonyl (C=O) groups is 1. The second-order valence-electron chi connectivity index (χ2n) is 5.88. The molecule has 0 unspecified atom stereocenters. The highest BCUT2D eigenvalue weighted by molar-refractivity contribution is 6.30. The minimum absolute atomic E-state index is 0.242. The van der Waals surface area contributed by atoms with Crippen molar-refractivity contribution in [3.63, 3.8) is 0 Å². The van der Waals surface area contributed by atoms with Crippen LogP contribution in [0.2, 0.25) is 5.02 Å². The molecule has 6 heteroatoms. The van der Waals surface area contributed by atoms with Crippen LogP contribution in [-0.4, -0.2) is 22.6 Å². The molecule has 3 rings (SSSR count). The molecule has 0 aliphatic heterocycles. The van der Waals surface area contributed by atoms with E-state index in [4.69, 9.17) is 11.6 Å². The van der Waals surface area contributed by atoms with E-state index in [0.717, 1.165) is 23.2 Å². The van der Waals surface area contributed by atoms with Gasteiger partial charge in [0.05, 0.1) is 0 Å². The summed E-state index contributed by atoms with van der Waals surface area (Å²) in [4.78, 5) is 12.2. The van der Waals surface area contributed by atoms with Crippen molar-refractivity contribution in [1.82, 2.24) is 15.5 Å². The highest BCUT2D eigenvalue weighted by Gasteiger charge is 2.08. The van der Waals surface area contributed by atoms with Crippen LogP contribution in [0.15, 0.2) is 60.7 Å². The molecule has 0 aliphatic rings. The number of anilines is 2. The van der Waals surface area contributed by atoms with Crippen molar-refractivity contribution in [2.24, 2.45) is 0 Å². The number of para-hydroxylation sites is 1. The summed E-state index contributed by atoms with van der Waals surface area (Å²) in [5.74, 6) is 0.353. The SMILES string of the molecule is Cc1ccccc1Nc1ccc(C(=O)NCCc2ccc(Cl)cc2)nn1. The van der Waals surface area contributed by atoms with Crippen LogP contribution in [0.3, 0.4) is 0 Å². The summed E-state index contributed by atoms with van der Waals surface area (Å²) in [5, 5.41) is 14.8. The molecule has 0 aliphatic carbocycles. The van der Waals surface area contributed by atoms with Gasteiger partial charge < -0.3 is 10.6 Å². The first-order chi connectivity index (χ1) is 12.6. The summed E-state index contributed by atoms with van der Waals surface area (Å²) in [6.07, 6.45) is 0.725. The number of aromatic nitrogens is 2. The second-order valence-corrected chi connectivity index (χ2v) is 6.31. The lowest BCUT2D eigenvalue weighted by Gasteiger charge is -2.08. The molecule has 0 saturated heterocycles. The molecular weight excluding hydrogens is 348 g/mol.